The van der Waals surface area contributed by atoms with Gasteiger partial charge in [-0.25, -0.2) is 21.1 Å². The van der Waals surface area contributed by atoms with Crippen molar-refractivity contribution in [2.45, 2.75) is 49.2 Å². The van der Waals surface area contributed by atoms with Gasteiger partial charge in [-0.1, -0.05) is 42.6 Å². The van der Waals surface area contributed by atoms with E-state index in [1.54, 1.807) is 40.7 Å². The Morgan fingerprint density at radius 3 is 2.06 bits per heavy atom. The van der Waals surface area contributed by atoms with Crippen LogP contribution in [0.5, 0.6) is 0 Å². The third-order valence-corrected chi connectivity index (χ3v) is 10.9. The van der Waals surface area contributed by atoms with Gasteiger partial charge in [0.05, 0.1) is 10.6 Å². The van der Waals surface area contributed by atoms with Crippen LogP contribution in [0.2, 0.25) is 5.02 Å². The summed E-state index contributed by atoms with van der Waals surface area (Å²) >= 11 is 6.12. The van der Waals surface area contributed by atoms with Gasteiger partial charge < -0.3 is 5.32 Å². The summed E-state index contributed by atoms with van der Waals surface area (Å²) in [6.07, 6.45) is 4.65. The number of halogens is 1. The molecule has 196 valence electrons. The molecule has 0 aliphatic carbocycles. The first kappa shape index (κ1) is 27.1. The van der Waals surface area contributed by atoms with Gasteiger partial charge in [0.25, 0.3) is 0 Å². The molecule has 2 aliphatic heterocycles. The third-order valence-electron chi connectivity index (χ3n) is 6.84. The third kappa shape index (κ3) is 6.47. The van der Waals surface area contributed by atoms with Crippen molar-refractivity contribution in [1.82, 2.24) is 8.61 Å². The van der Waals surface area contributed by atoms with Crippen molar-refractivity contribution >= 4 is 43.2 Å². The summed E-state index contributed by atoms with van der Waals surface area (Å²) in [7, 11) is -7.09. The first-order valence-electron chi connectivity index (χ1n) is 12.3. The Bertz CT molecular complexity index is 1270. The minimum absolute atomic E-state index is 0.170. The van der Waals surface area contributed by atoms with Gasteiger partial charge in [-0.2, -0.15) is 4.31 Å². The zero-order chi connectivity index (χ0) is 25.8. The monoisotopic (exact) mass is 553 g/mol. The molecule has 0 aromatic heterocycles. The number of sulfonamides is 2. The number of amides is 1. The molecule has 0 radical (unpaired) electrons. The number of benzene rings is 2. The van der Waals surface area contributed by atoms with Crippen LogP contribution in [-0.4, -0.2) is 57.5 Å². The Kier molecular flexibility index (Phi) is 8.72. The zero-order valence-electron chi connectivity index (χ0n) is 20.1. The zero-order valence-corrected chi connectivity index (χ0v) is 22.5. The van der Waals surface area contributed by atoms with Crippen molar-refractivity contribution in [3.63, 3.8) is 0 Å². The van der Waals surface area contributed by atoms with Gasteiger partial charge in [-0.05, 0) is 61.6 Å². The number of piperidine rings is 1. The van der Waals surface area contributed by atoms with Crippen LogP contribution < -0.4 is 5.32 Å². The Labute approximate surface area is 218 Å². The second kappa shape index (κ2) is 11.6. The smallest absolute Gasteiger partial charge is 0.243 e. The fourth-order valence-electron chi connectivity index (χ4n) is 4.69. The molecular formula is C25H32ClN3O5S2. The second-order valence-electron chi connectivity index (χ2n) is 9.35. The van der Waals surface area contributed by atoms with E-state index < -0.39 is 20.0 Å². The van der Waals surface area contributed by atoms with Crippen LogP contribution in [0.15, 0.2) is 53.4 Å². The fourth-order valence-corrected chi connectivity index (χ4v) is 8.08. The van der Waals surface area contributed by atoms with E-state index in [0.717, 1.165) is 25.7 Å². The van der Waals surface area contributed by atoms with E-state index in [4.69, 9.17) is 11.6 Å². The minimum atomic E-state index is -3.55. The average molecular weight is 554 g/mol. The maximum absolute atomic E-state index is 12.9. The summed E-state index contributed by atoms with van der Waals surface area (Å²) in [5.74, 6) is -0.686. The molecule has 2 aliphatic rings. The summed E-state index contributed by atoms with van der Waals surface area (Å²) in [6.45, 7) is 1.59. The Morgan fingerprint density at radius 1 is 0.833 bits per heavy atom. The average Bonchev–Trinajstić information content (AvgIpc) is 3.16. The molecule has 0 spiro atoms. The van der Waals surface area contributed by atoms with E-state index in [9.17, 15) is 21.6 Å². The molecule has 11 heteroatoms. The van der Waals surface area contributed by atoms with Crippen molar-refractivity contribution in [2.75, 3.05) is 31.5 Å². The van der Waals surface area contributed by atoms with E-state index in [1.165, 1.54) is 16.4 Å². The molecule has 1 N–H and O–H groups in total. The topological polar surface area (TPSA) is 104 Å². The summed E-state index contributed by atoms with van der Waals surface area (Å²) in [4.78, 5) is 13.0. The molecule has 0 bridgehead atoms. The Balaban J connectivity index is 1.31. The molecule has 0 atom stereocenters. The summed E-state index contributed by atoms with van der Waals surface area (Å²) < 4.78 is 54.5. The lowest BCUT2D eigenvalue weighted by Gasteiger charge is -2.30. The maximum Gasteiger partial charge on any atom is 0.243 e. The van der Waals surface area contributed by atoms with Crippen LogP contribution in [0.1, 0.15) is 44.1 Å². The van der Waals surface area contributed by atoms with Crippen LogP contribution in [-0.2, 0) is 30.6 Å². The van der Waals surface area contributed by atoms with Gasteiger partial charge in [0, 0.05) is 42.8 Å². The van der Waals surface area contributed by atoms with Crippen molar-refractivity contribution < 1.29 is 21.6 Å². The Morgan fingerprint density at radius 2 is 1.44 bits per heavy atom. The van der Waals surface area contributed by atoms with Gasteiger partial charge in [-0.3, -0.25) is 4.79 Å². The van der Waals surface area contributed by atoms with Crippen molar-refractivity contribution in [1.29, 1.82) is 0 Å². The molecule has 0 unspecified atom stereocenters. The number of carbonyl (C=O) groups excluding carboxylic acids is 1. The molecule has 2 fully saturated rings. The van der Waals surface area contributed by atoms with Crippen molar-refractivity contribution in [3.05, 3.63) is 59.1 Å². The molecule has 2 aromatic carbocycles. The van der Waals surface area contributed by atoms with Gasteiger partial charge in [-0.15, -0.1) is 0 Å². The van der Waals surface area contributed by atoms with Gasteiger partial charge >= 0.3 is 0 Å². The standard InChI is InChI=1S/C25H32ClN3O5S2/c26-24-8-4-3-7-21(24)19-35(31,32)28-17-13-20(14-18-28)25(30)27-22-9-11-23(12-10-22)36(33,34)29-15-5-1-2-6-16-29/h3-4,7-12,20H,1-2,5-6,13-19H2,(H,27,30). The molecule has 2 heterocycles. The first-order valence-corrected chi connectivity index (χ1v) is 15.7. The van der Waals surface area contributed by atoms with E-state index in [-0.39, 0.29) is 35.6 Å². The highest BCUT2D eigenvalue weighted by molar-refractivity contribution is 7.89. The maximum atomic E-state index is 12.9. The van der Waals surface area contributed by atoms with E-state index in [1.807, 2.05) is 0 Å². The highest BCUT2D eigenvalue weighted by Gasteiger charge is 2.32. The first-order chi connectivity index (χ1) is 17.2. The fraction of sp³-hybridized carbons (Fsp3) is 0.480. The largest absolute Gasteiger partial charge is 0.326 e. The molecule has 8 nitrogen and oxygen atoms in total. The number of nitrogens with one attached hydrogen (secondary N) is 1. The van der Waals surface area contributed by atoms with Crippen LogP contribution in [0.25, 0.3) is 0 Å². The van der Waals surface area contributed by atoms with Crippen molar-refractivity contribution in [3.8, 4) is 0 Å². The second-order valence-corrected chi connectivity index (χ2v) is 13.7. The van der Waals surface area contributed by atoms with E-state index in [2.05, 4.69) is 5.32 Å². The van der Waals surface area contributed by atoms with Crippen LogP contribution in [0, 0.1) is 5.92 Å². The molecule has 4 rings (SSSR count). The highest BCUT2D eigenvalue weighted by Crippen LogP contribution is 2.26. The van der Waals surface area contributed by atoms with Crippen LogP contribution >= 0.6 is 11.6 Å². The summed E-state index contributed by atoms with van der Waals surface area (Å²) in [5.41, 5.74) is 1.07. The molecule has 2 saturated heterocycles. The lowest BCUT2D eigenvalue weighted by molar-refractivity contribution is -0.120. The quantitative estimate of drug-likeness (QED) is 0.556. The number of anilines is 1. The van der Waals surface area contributed by atoms with Gasteiger partial charge in [0.1, 0.15) is 0 Å². The lowest BCUT2D eigenvalue weighted by Crippen LogP contribution is -2.41. The molecule has 2 aromatic rings. The SMILES string of the molecule is O=C(Nc1ccc(S(=O)(=O)N2CCCCCC2)cc1)C1CCN(S(=O)(=O)Cc2ccccc2Cl)CC1. The normalized spacial score (nSPS) is 19.0. The van der Waals surface area contributed by atoms with Crippen molar-refractivity contribution in [2.24, 2.45) is 5.92 Å². The number of hydrogen-bond donors (Lipinski definition) is 1. The predicted octanol–water partition coefficient (Wildman–Crippen LogP) is 4.09. The van der Waals surface area contributed by atoms with E-state index in [0.29, 0.717) is 42.2 Å². The molecule has 1 amide bonds. The van der Waals surface area contributed by atoms with Gasteiger partial charge in [0.15, 0.2) is 0 Å². The number of carbonyl (C=O) groups is 1. The van der Waals surface area contributed by atoms with Crippen LogP contribution in [0.3, 0.4) is 0 Å². The lowest BCUT2D eigenvalue weighted by atomic mass is 9.97. The van der Waals surface area contributed by atoms with E-state index >= 15 is 0 Å². The highest BCUT2D eigenvalue weighted by atomic mass is 35.5. The summed E-state index contributed by atoms with van der Waals surface area (Å²) in [6, 6.07) is 13.1. The Hall–Kier alpha value is -1.98. The molecular weight excluding hydrogens is 522 g/mol. The molecule has 36 heavy (non-hydrogen) atoms. The minimum Gasteiger partial charge on any atom is -0.326 e. The number of hydrogen-bond acceptors (Lipinski definition) is 5. The number of nitrogens with zero attached hydrogens (tertiary/aromatic N) is 2. The molecule has 0 saturated carbocycles. The summed E-state index contributed by atoms with van der Waals surface area (Å²) in [5, 5.41) is 3.27. The number of rotatable bonds is 7. The van der Waals surface area contributed by atoms with Gasteiger partial charge in [0.2, 0.25) is 26.0 Å². The van der Waals surface area contributed by atoms with Crippen LogP contribution in [0.4, 0.5) is 5.69 Å². The predicted molar refractivity (Wildman–Crippen MR) is 141 cm³/mol.